The molecule has 5 heteroatoms. The maximum absolute atomic E-state index is 10.8. The molecule has 0 amide bonds. The van der Waals surface area contributed by atoms with Gasteiger partial charge in [0.05, 0.1) is 6.42 Å². The number of thiophene rings is 1. The van der Waals surface area contributed by atoms with E-state index in [9.17, 15) is 4.79 Å². The molecule has 0 bridgehead atoms. The number of aliphatic carboxylic acids is 1. The zero-order chi connectivity index (χ0) is 13.8. The zero-order valence-electron chi connectivity index (χ0n) is 10.2. The van der Waals surface area contributed by atoms with Gasteiger partial charge >= 0.3 is 5.97 Å². The van der Waals surface area contributed by atoms with Crippen molar-refractivity contribution in [2.75, 3.05) is 6.54 Å². The third-order valence-corrected chi connectivity index (χ3v) is 4.01. The van der Waals surface area contributed by atoms with Gasteiger partial charge in [-0.15, -0.1) is 0 Å². The second-order valence-corrected chi connectivity index (χ2v) is 5.47. The van der Waals surface area contributed by atoms with E-state index in [1.54, 1.807) is 17.4 Å². The second-order valence-electron chi connectivity index (χ2n) is 4.28. The Labute approximate surface area is 120 Å². The molecular formula is C14H14ClNO2S. The van der Waals surface area contributed by atoms with Gasteiger partial charge in [0.2, 0.25) is 0 Å². The Hall–Kier alpha value is -1.36. The van der Waals surface area contributed by atoms with Crippen molar-refractivity contribution in [3.05, 3.63) is 45.6 Å². The maximum Gasteiger partial charge on any atom is 0.304 e. The van der Waals surface area contributed by atoms with Crippen LogP contribution in [0.5, 0.6) is 0 Å². The van der Waals surface area contributed by atoms with Crippen LogP contribution in [0.4, 0.5) is 0 Å². The number of nitrogens with two attached hydrogens (primary N) is 1. The molecule has 2 rings (SSSR count). The lowest BCUT2D eigenvalue weighted by Gasteiger charge is -2.14. The highest BCUT2D eigenvalue weighted by Gasteiger charge is 2.16. The lowest BCUT2D eigenvalue weighted by atomic mass is 9.93. The number of carbonyl (C=O) groups is 1. The van der Waals surface area contributed by atoms with Gasteiger partial charge in [-0.3, -0.25) is 4.79 Å². The van der Waals surface area contributed by atoms with Crippen LogP contribution in [0.2, 0.25) is 5.02 Å². The molecule has 1 aromatic carbocycles. The first-order valence-electron chi connectivity index (χ1n) is 5.85. The lowest BCUT2D eigenvalue weighted by molar-refractivity contribution is -0.137. The topological polar surface area (TPSA) is 63.3 Å². The summed E-state index contributed by atoms with van der Waals surface area (Å²) in [4.78, 5) is 10.8. The highest BCUT2D eigenvalue weighted by Crippen LogP contribution is 2.32. The minimum absolute atomic E-state index is 0.0290. The van der Waals surface area contributed by atoms with Crippen LogP contribution in [-0.4, -0.2) is 17.6 Å². The third-order valence-electron chi connectivity index (χ3n) is 3.00. The van der Waals surface area contributed by atoms with Crippen molar-refractivity contribution < 1.29 is 9.90 Å². The first kappa shape index (κ1) is 14.1. The molecule has 2 aromatic rings. The molecule has 100 valence electrons. The predicted molar refractivity (Wildman–Crippen MR) is 78.8 cm³/mol. The van der Waals surface area contributed by atoms with Gasteiger partial charge in [0.1, 0.15) is 0 Å². The maximum atomic E-state index is 10.8. The highest BCUT2D eigenvalue weighted by atomic mass is 35.5. The molecule has 0 radical (unpaired) electrons. The Kier molecular flexibility index (Phi) is 4.58. The normalized spacial score (nSPS) is 12.3. The van der Waals surface area contributed by atoms with Crippen LogP contribution in [0.3, 0.4) is 0 Å². The molecule has 3 N–H and O–H groups in total. The van der Waals surface area contributed by atoms with Crippen LogP contribution >= 0.6 is 22.9 Å². The van der Waals surface area contributed by atoms with Crippen LogP contribution in [0, 0.1) is 0 Å². The van der Waals surface area contributed by atoms with E-state index in [0.29, 0.717) is 11.6 Å². The smallest absolute Gasteiger partial charge is 0.304 e. The van der Waals surface area contributed by atoms with E-state index in [1.807, 2.05) is 29.0 Å². The molecule has 1 aromatic heterocycles. The molecule has 0 fully saturated rings. The van der Waals surface area contributed by atoms with E-state index in [1.165, 1.54) is 0 Å². The molecule has 0 aliphatic carbocycles. The summed E-state index contributed by atoms with van der Waals surface area (Å²) in [5.41, 5.74) is 8.54. The van der Waals surface area contributed by atoms with Crippen LogP contribution in [0.1, 0.15) is 17.9 Å². The fraction of sp³-hybridized carbons (Fsp3) is 0.214. The minimum atomic E-state index is -0.845. The number of hydrogen-bond acceptors (Lipinski definition) is 3. The van der Waals surface area contributed by atoms with Gasteiger partial charge in [-0.05, 0) is 46.6 Å². The van der Waals surface area contributed by atoms with Gasteiger partial charge < -0.3 is 10.8 Å². The largest absolute Gasteiger partial charge is 0.481 e. The first-order chi connectivity index (χ1) is 9.11. The molecule has 0 saturated heterocycles. The van der Waals surface area contributed by atoms with E-state index < -0.39 is 5.97 Å². The summed E-state index contributed by atoms with van der Waals surface area (Å²) in [7, 11) is 0. The van der Waals surface area contributed by atoms with Gasteiger partial charge in [-0.1, -0.05) is 17.7 Å². The summed E-state index contributed by atoms with van der Waals surface area (Å²) in [5, 5.41) is 13.6. The van der Waals surface area contributed by atoms with Crippen molar-refractivity contribution in [1.82, 2.24) is 0 Å². The Morgan fingerprint density at radius 2 is 2.21 bits per heavy atom. The molecule has 19 heavy (non-hydrogen) atoms. The molecule has 3 nitrogen and oxygen atoms in total. The van der Waals surface area contributed by atoms with Gasteiger partial charge in [-0.25, -0.2) is 0 Å². The van der Waals surface area contributed by atoms with Crippen LogP contribution in [0.25, 0.3) is 11.1 Å². The zero-order valence-corrected chi connectivity index (χ0v) is 11.7. The molecule has 0 saturated carbocycles. The molecule has 1 heterocycles. The summed E-state index contributed by atoms with van der Waals surface area (Å²) < 4.78 is 0. The number of rotatable bonds is 5. The molecule has 0 unspecified atom stereocenters. The number of carboxylic acids is 1. The first-order valence-corrected chi connectivity index (χ1v) is 7.17. The van der Waals surface area contributed by atoms with E-state index in [0.717, 1.165) is 16.7 Å². The molecular weight excluding hydrogens is 282 g/mol. The molecule has 0 aliphatic rings. The van der Waals surface area contributed by atoms with Gasteiger partial charge in [-0.2, -0.15) is 11.3 Å². The van der Waals surface area contributed by atoms with E-state index in [4.69, 9.17) is 22.4 Å². The summed E-state index contributed by atoms with van der Waals surface area (Å²) in [6, 6.07) is 7.57. The average molecular weight is 296 g/mol. The fourth-order valence-corrected chi connectivity index (χ4v) is 2.87. The number of carboxylic acid groups (broad SMARTS) is 1. The average Bonchev–Trinajstić information content (AvgIpc) is 2.90. The van der Waals surface area contributed by atoms with Gasteiger partial charge in [0.15, 0.2) is 0 Å². The van der Waals surface area contributed by atoms with Crippen molar-refractivity contribution in [3.8, 4) is 11.1 Å². The Bertz CT molecular complexity index is 569. The summed E-state index contributed by atoms with van der Waals surface area (Å²) in [6.45, 7) is 0.303. The van der Waals surface area contributed by atoms with E-state index >= 15 is 0 Å². The van der Waals surface area contributed by atoms with Crippen molar-refractivity contribution in [2.45, 2.75) is 12.3 Å². The number of benzene rings is 1. The van der Waals surface area contributed by atoms with E-state index in [-0.39, 0.29) is 12.3 Å². The van der Waals surface area contributed by atoms with E-state index in [2.05, 4.69) is 0 Å². The standard InChI is InChI=1S/C14H14ClNO2S/c15-13-2-1-9(11(7-16)6-14(17)18)5-12(13)10-3-4-19-8-10/h1-5,8,11H,6-7,16H2,(H,17,18)/t11-/m0/s1. The van der Waals surface area contributed by atoms with Gasteiger partial charge in [0.25, 0.3) is 0 Å². The van der Waals surface area contributed by atoms with Gasteiger partial charge in [0, 0.05) is 16.5 Å². The van der Waals surface area contributed by atoms with Crippen LogP contribution < -0.4 is 5.73 Å². The Balaban J connectivity index is 2.37. The number of halogens is 1. The Morgan fingerprint density at radius 3 is 2.79 bits per heavy atom. The highest BCUT2D eigenvalue weighted by molar-refractivity contribution is 7.08. The Morgan fingerprint density at radius 1 is 1.42 bits per heavy atom. The van der Waals surface area contributed by atoms with Crippen LogP contribution in [-0.2, 0) is 4.79 Å². The second kappa shape index (κ2) is 6.19. The predicted octanol–water partition coefficient (Wildman–Crippen LogP) is 3.59. The monoisotopic (exact) mass is 295 g/mol. The SMILES string of the molecule is NC[C@H](CC(=O)O)c1ccc(Cl)c(-c2ccsc2)c1. The minimum Gasteiger partial charge on any atom is -0.481 e. The molecule has 1 atom stereocenters. The molecule has 0 aliphatic heterocycles. The van der Waals surface area contributed by atoms with Crippen molar-refractivity contribution >= 4 is 28.9 Å². The summed E-state index contributed by atoms with van der Waals surface area (Å²) in [5.74, 6) is -1.03. The third kappa shape index (κ3) is 3.35. The van der Waals surface area contributed by atoms with Crippen molar-refractivity contribution in [2.24, 2.45) is 5.73 Å². The quantitative estimate of drug-likeness (QED) is 0.886. The van der Waals surface area contributed by atoms with Crippen molar-refractivity contribution in [1.29, 1.82) is 0 Å². The van der Waals surface area contributed by atoms with Crippen molar-refractivity contribution in [3.63, 3.8) is 0 Å². The fourth-order valence-electron chi connectivity index (χ4n) is 1.98. The summed E-state index contributed by atoms with van der Waals surface area (Å²) in [6.07, 6.45) is 0.0290. The number of hydrogen-bond donors (Lipinski definition) is 2. The lowest BCUT2D eigenvalue weighted by Crippen LogP contribution is -2.16. The summed E-state index contributed by atoms with van der Waals surface area (Å²) >= 11 is 7.79. The van der Waals surface area contributed by atoms with Crippen LogP contribution in [0.15, 0.2) is 35.0 Å². The molecule has 0 spiro atoms.